The Morgan fingerprint density at radius 1 is 1.09 bits per heavy atom. The van der Waals surface area contributed by atoms with Gasteiger partial charge in [0, 0.05) is 24.3 Å². The van der Waals surface area contributed by atoms with Crippen molar-refractivity contribution in [2.45, 2.75) is 26.8 Å². The zero-order valence-electron chi connectivity index (χ0n) is 19.2. The summed E-state index contributed by atoms with van der Waals surface area (Å²) in [6, 6.07) is 16.2. The molecule has 1 aromatic heterocycles. The molecule has 2 aromatic carbocycles. The number of carbonyl (C=O) groups is 3. The number of amides is 3. The molecular weight excluding hydrogens is 434 g/mol. The number of nitrogens with one attached hydrogen (secondary N) is 2. The summed E-state index contributed by atoms with van der Waals surface area (Å²) in [5.74, 6) is 0.205. The predicted molar refractivity (Wildman–Crippen MR) is 127 cm³/mol. The van der Waals surface area contributed by atoms with Gasteiger partial charge in [0.2, 0.25) is 11.8 Å². The number of benzene rings is 2. The number of ether oxygens (including phenoxy) is 1. The molecule has 1 fully saturated rings. The number of furan rings is 1. The summed E-state index contributed by atoms with van der Waals surface area (Å²) in [4.78, 5) is 38.8. The summed E-state index contributed by atoms with van der Waals surface area (Å²) in [5.41, 5.74) is 3.56. The highest BCUT2D eigenvalue weighted by molar-refractivity contribution is 6.00. The van der Waals surface area contributed by atoms with E-state index in [9.17, 15) is 14.4 Å². The summed E-state index contributed by atoms with van der Waals surface area (Å²) < 4.78 is 10.8. The maximum atomic E-state index is 12.5. The van der Waals surface area contributed by atoms with Crippen LogP contribution in [-0.4, -0.2) is 30.9 Å². The van der Waals surface area contributed by atoms with Gasteiger partial charge >= 0.3 is 0 Å². The van der Waals surface area contributed by atoms with Gasteiger partial charge in [0.15, 0.2) is 6.61 Å². The fraction of sp³-hybridized carbons (Fsp3) is 0.269. The van der Waals surface area contributed by atoms with Gasteiger partial charge in [0.25, 0.3) is 5.91 Å². The van der Waals surface area contributed by atoms with E-state index in [1.54, 1.807) is 47.6 Å². The zero-order valence-corrected chi connectivity index (χ0v) is 19.2. The fourth-order valence-corrected chi connectivity index (χ4v) is 3.81. The monoisotopic (exact) mass is 461 g/mol. The molecule has 2 heterocycles. The molecule has 176 valence electrons. The Bertz CT molecular complexity index is 1170. The first kappa shape index (κ1) is 23.1. The lowest BCUT2D eigenvalue weighted by atomic mass is 10.1. The number of anilines is 2. The van der Waals surface area contributed by atoms with E-state index in [0.717, 1.165) is 16.8 Å². The summed E-state index contributed by atoms with van der Waals surface area (Å²) in [6.45, 7) is 4.41. The van der Waals surface area contributed by atoms with Gasteiger partial charge in [0.1, 0.15) is 11.5 Å². The first-order chi connectivity index (χ1) is 16.4. The van der Waals surface area contributed by atoms with Crippen molar-refractivity contribution >= 4 is 29.1 Å². The van der Waals surface area contributed by atoms with Crippen LogP contribution in [0.1, 0.15) is 23.3 Å². The van der Waals surface area contributed by atoms with E-state index in [1.807, 2.05) is 32.0 Å². The lowest BCUT2D eigenvalue weighted by molar-refractivity contribution is -0.126. The van der Waals surface area contributed by atoms with Crippen LogP contribution in [0.3, 0.4) is 0 Å². The van der Waals surface area contributed by atoms with Gasteiger partial charge < -0.3 is 24.7 Å². The maximum Gasteiger partial charge on any atom is 0.262 e. The second-order valence-electron chi connectivity index (χ2n) is 8.28. The molecule has 4 rings (SSSR count). The van der Waals surface area contributed by atoms with Crippen LogP contribution in [0, 0.1) is 19.8 Å². The molecule has 0 bridgehead atoms. The number of nitrogens with zero attached hydrogens (tertiary/aromatic N) is 1. The Labute approximate surface area is 197 Å². The van der Waals surface area contributed by atoms with Crippen LogP contribution < -0.4 is 20.3 Å². The highest BCUT2D eigenvalue weighted by atomic mass is 16.5. The van der Waals surface area contributed by atoms with Crippen molar-refractivity contribution in [3.63, 3.8) is 0 Å². The van der Waals surface area contributed by atoms with E-state index in [0.29, 0.717) is 30.3 Å². The Kier molecular flexibility index (Phi) is 6.96. The minimum absolute atomic E-state index is 0.111. The molecule has 2 N–H and O–H groups in total. The van der Waals surface area contributed by atoms with Gasteiger partial charge in [-0.1, -0.05) is 12.1 Å². The largest absolute Gasteiger partial charge is 0.484 e. The molecule has 0 radical (unpaired) electrons. The fourth-order valence-electron chi connectivity index (χ4n) is 3.81. The van der Waals surface area contributed by atoms with Crippen molar-refractivity contribution in [3.8, 4) is 5.75 Å². The topological polar surface area (TPSA) is 101 Å². The van der Waals surface area contributed by atoms with Crippen LogP contribution in [0.15, 0.2) is 65.3 Å². The van der Waals surface area contributed by atoms with Crippen LogP contribution in [-0.2, 0) is 20.9 Å². The predicted octanol–water partition coefficient (Wildman–Crippen LogP) is 3.58. The summed E-state index contributed by atoms with van der Waals surface area (Å²) in [5, 5.41) is 5.67. The first-order valence-electron chi connectivity index (χ1n) is 11.1. The van der Waals surface area contributed by atoms with Gasteiger partial charge in [0.05, 0.1) is 18.7 Å². The number of carbonyl (C=O) groups excluding carboxylic acids is 3. The highest BCUT2D eigenvalue weighted by Gasteiger charge is 2.35. The van der Waals surface area contributed by atoms with Gasteiger partial charge in [-0.3, -0.25) is 14.4 Å². The van der Waals surface area contributed by atoms with Gasteiger partial charge in [-0.2, -0.15) is 0 Å². The van der Waals surface area contributed by atoms with Crippen molar-refractivity contribution in [1.29, 1.82) is 0 Å². The van der Waals surface area contributed by atoms with Crippen LogP contribution >= 0.6 is 0 Å². The number of hydrogen-bond donors (Lipinski definition) is 2. The van der Waals surface area contributed by atoms with Crippen molar-refractivity contribution in [3.05, 3.63) is 77.7 Å². The van der Waals surface area contributed by atoms with E-state index in [2.05, 4.69) is 10.6 Å². The van der Waals surface area contributed by atoms with Gasteiger partial charge in [-0.15, -0.1) is 0 Å². The van der Waals surface area contributed by atoms with E-state index in [4.69, 9.17) is 9.15 Å². The molecule has 1 atom stereocenters. The lowest BCUT2D eigenvalue weighted by Crippen LogP contribution is -2.32. The third kappa shape index (κ3) is 5.46. The standard InChI is InChI=1S/C26H27N3O5/c1-17-5-3-7-23(18(17)2)28-24(30)16-34-21-10-8-20(9-11-21)29-15-19(13-25(29)31)26(32)27-14-22-6-4-12-33-22/h3-12,19H,13-16H2,1-2H3,(H,27,32)(H,28,30)/t19-/m0/s1. The smallest absolute Gasteiger partial charge is 0.262 e. The van der Waals surface area contributed by atoms with Crippen LogP contribution in [0.5, 0.6) is 5.75 Å². The molecule has 3 aromatic rings. The number of hydrogen-bond acceptors (Lipinski definition) is 5. The second-order valence-corrected chi connectivity index (χ2v) is 8.28. The summed E-state index contributed by atoms with van der Waals surface area (Å²) >= 11 is 0. The Morgan fingerprint density at radius 3 is 2.62 bits per heavy atom. The van der Waals surface area contributed by atoms with E-state index in [1.165, 1.54) is 0 Å². The number of rotatable bonds is 8. The highest BCUT2D eigenvalue weighted by Crippen LogP contribution is 2.27. The lowest BCUT2D eigenvalue weighted by Gasteiger charge is -2.17. The van der Waals surface area contributed by atoms with Crippen molar-refractivity contribution in [2.75, 3.05) is 23.4 Å². The average molecular weight is 462 g/mol. The van der Waals surface area contributed by atoms with Crippen molar-refractivity contribution in [2.24, 2.45) is 5.92 Å². The normalized spacial score (nSPS) is 15.3. The molecule has 8 nitrogen and oxygen atoms in total. The molecule has 8 heteroatoms. The van der Waals surface area contributed by atoms with E-state index < -0.39 is 5.92 Å². The molecule has 0 aliphatic carbocycles. The zero-order chi connectivity index (χ0) is 24.1. The van der Waals surface area contributed by atoms with Crippen molar-refractivity contribution in [1.82, 2.24) is 5.32 Å². The quantitative estimate of drug-likeness (QED) is 0.534. The van der Waals surface area contributed by atoms with E-state index >= 15 is 0 Å². The average Bonchev–Trinajstić information content (AvgIpc) is 3.49. The SMILES string of the molecule is Cc1cccc(NC(=O)COc2ccc(N3C[C@@H](C(=O)NCc4ccco4)CC3=O)cc2)c1C. The molecule has 1 aliphatic rings. The van der Waals surface area contributed by atoms with Gasteiger partial charge in [-0.05, 0) is 67.4 Å². The Balaban J connectivity index is 1.28. The number of aryl methyl sites for hydroxylation is 1. The first-order valence-corrected chi connectivity index (χ1v) is 11.1. The van der Waals surface area contributed by atoms with Crippen LogP contribution in [0.25, 0.3) is 0 Å². The van der Waals surface area contributed by atoms with E-state index in [-0.39, 0.29) is 30.7 Å². The minimum atomic E-state index is -0.424. The molecule has 0 spiro atoms. The van der Waals surface area contributed by atoms with Crippen LogP contribution in [0.4, 0.5) is 11.4 Å². The molecule has 1 saturated heterocycles. The third-order valence-electron chi connectivity index (χ3n) is 5.91. The molecule has 34 heavy (non-hydrogen) atoms. The van der Waals surface area contributed by atoms with Crippen LogP contribution in [0.2, 0.25) is 0 Å². The summed E-state index contributed by atoms with van der Waals surface area (Å²) in [6.07, 6.45) is 1.70. The third-order valence-corrected chi connectivity index (χ3v) is 5.91. The Morgan fingerprint density at radius 2 is 1.88 bits per heavy atom. The molecule has 3 amide bonds. The minimum Gasteiger partial charge on any atom is -0.484 e. The summed E-state index contributed by atoms with van der Waals surface area (Å²) in [7, 11) is 0. The molecular formula is C26H27N3O5. The van der Waals surface area contributed by atoms with Crippen molar-refractivity contribution < 1.29 is 23.5 Å². The molecule has 0 unspecified atom stereocenters. The molecule has 0 saturated carbocycles. The molecule has 1 aliphatic heterocycles. The Hall–Kier alpha value is -4.07. The second kappa shape index (κ2) is 10.2. The maximum absolute atomic E-state index is 12.5. The van der Waals surface area contributed by atoms with Gasteiger partial charge in [-0.25, -0.2) is 0 Å².